The van der Waals surface area contributed by atoms with Crippen LogP contribution in [-0.2, 0) is 6.42 Å². The molecule has 0 spiro atoms. The number of benzene rings is 1. The number of rotatable bonds is 6. The van der Waals surface area contributed by atoms with Crippen molar-refractivity contribution in [2.45, 2.75) is 45.6 Å². The summed E-state index contributed by atoms with van der Waals surface area (Å²) in [6, 6.07) is 10.7. The molecule has 0 fully saturated rings. The fraction of sp³-hybridized carbons (Fsp3) is 0.500. The fourth-order valence-electron chi connectivity index (χ4n) is 1.66. The normalized spacial score (nSPS) is 12.2. The first-order chi connectivity index (χ1) is 8.08. The number of nitrogens with one attached hydrogen (secondary N) is 1. The Labute approximate surface area is 106 Å². The maximum atomic E-state index is 3.48. The van der Waals surface area contributed by atoms with Crippen molar-refractivity contribution in [3.05, 3.63) is 48.0 Å². The maximum Gasteiger partial charge on any atom is 0.00966 e. The molecule has 1 aromatic carbocycles. The first-order valence-electron chi connectivity index (χ1n) is 6.52. The zero-order valence-electron chi connectivity index (χ0n) is 11.4. The molecule has 1 heteroatoms. The van der Waals surface area contributed by atoms with Crippen LogP contribution >= 0.6 is 0 Å². The molecular weight excluding hydrogens is 206 g/mol. The third-order valence-electron chi connectivity index (χ3n) is 2.58. The van der Waals surface area contributed by atoms with Crippen LogP contribution in [0.5, 0.6) is 0 Å². The summed E-state index contributed by atoms with van der Waals surface area (Å²) in [5.41, 5.74) is 1.66. The first kappa shape index (κ1) is 14.0. The summed E-state index contributed by atoms with van der Waals surface area (Å²) < 4.78 is 0. The minimum Gasteiger partial charge on any atom is -0.312 e. The van der Waals surface area contributed by atoms with Gasteiger partial charge in [-0.25, -0.2) is 0 Å². The van der Waals surface area contributed by atoms with E-state index in [-0.39, 0.29) is 5.54 Å². The summed E-state index contributed by atoms with van der Waals surface area (Å²) in [6.07, 6.45) is 7.97. The SMILES string of the molecule is CC(C)(C)NCCC=CCCc1ccccc1. The lowest BCUT2D eigenvalue weighted by molar-refractivity contribution is 0.431. The number of hydrogen-bond donors (Lipinski definition) is 1. The van der Waals surface area contributed by atoms with Gasteiger partial charge in [-0.05, 0) is 52.1 Å². The van der Waals surface area contributed by atoms with E-state index in [0.717, 1.165) is 25.8 Å². The molecule has 1 nitrogen and oxygen atoms in total. The van der Waals surface area contributed by atoms with Gasteiger partial charge in [0.25, 0.3) is 0 Å². The van der Waals surface area contributed by atoms with Gasteiger partial charge in [-0.3, -0.25) is 0 Å². The van der Waals surface area contributed by atoms with Crippen LogP contribution in [0.1, 0.15) is 39.2 Å². The lowest BCUT2D eigenvalue weighted by Crippen LogP contribution is -2.36. The summed E-state index contributed by atoms with van der Waals surface area (Å²) >= 11 is 0. The minimum atomic E-state index is 0.234. The standard InChI is InChI=1S/C16H25N/c1-16(2,3)17-14-10-5-4-7-11-15-12-8-6-9-13-15/h4-6,8-9,12-13,17H,7,10-11,14H2,1-3H3. The Morgan fingerprint density at radius 1 is 1.00 bits per heavy atom. The molecular formula is C16H25N. The van der Waals surface area contributed by atoms with Crippen molar-refractivity contribution < 1.29 is 0 Å². The van der Waals surface area contributed by atoms with E-state index in [2.05, 4.69) is 68.6 Å². The Morgan fingerprint density at radius 3 is 2.29 bits per heavy atom. The number of aryl methyl sites for hydroxylation is 1. The molecule has 17 heavy (non-hydrogen) atoms. The Morgan fingerprint density at radius 2 is 1.65 bits per heavy atom. The first-order valence-corrected chi connectivity index (χ1v) is 6.52. The van der Waals surface area contributed by atoms with Gasteiger partial charge in [0.1, 0.15) is 0 Å². The molecule has 94 valence electrons. The van der Waals surface area contributed by atoms with E-state index in [1.807, 2.05) is 0 Å². The smallest absolute Gasteiger partial charge is 0.00966 e. The Balaban J connectivity index is 2.07. The monoisotopic (exact) mass is 231 g/mol. The van der Waals surface area contributed by atoms with Gasteiger partial charge < -0.3 is 5.32 Å². The number of allylic oxidation sites excluding steroid dienone is 1. The third-order valence-corrected chi connectivity index (χ3v) is 2.58. The van der Waals surface area contributed by atoms with Crippen LogP contribution in [0.25, 0.3) is 0 Å². The van der Waals surface area contributed by atoms with E-state index in [4.69, 9.17) is 0 Å². The van der Waals surface area contributed by atoms with Crippen LogP contribution in [0.4, 0.5) is 0 Å². The second-order valence-electron chi connectivity index (χ2n) is 5.46. The topological polar surface area (TPSA) is 12.0 Å². The minimum absolute atomic E-state index is 0.234. The molecule has 0 aromatic heterocycles. The van der Waals surface area contributed by atoms with Crippen molar-refractivity contribution in [2.24, 2.45) is 0 Å². The van der Waals surface area contributed by atoms with Crippen molar-refractivity contribution in [1.82, 2.24) is 5.32 Å². The van der Waals surface area contributed by atoms with E-state index in [0.29, 0.717) is 0 Å². The molecule has 0 atom stereocenters. The molecule has 0 radical (unpaired) electrons. The summed E-state index contributed by atoms with van der Waals surface area (Å²) in [6.45, 7) is 7.66. The van der Waals surface area contributed by atoms with Crippen LogP contribution in [0, 0.1) is 0 Å². The second kappa shape index (κ2) is 7.29. The third kappa shape index (κ3) is 7.76. The highest BCUT2D eigenvalue weighted by atomic mass is 14.9. The summed E-state index contributed by atoms with van der Waals surface area (Å²) in [5, 5.41) is 3.48. The van der Waals surface area contributed by atoms with Gasteiger partial charge in [0.15, 0.2) is 0 Å². The van der Waals surface area contributed by atoms with Gasteiger partial charge in [-0.1, -0.05) is 42.5 Å². The van der Waals surface area contributed by atoms with Gasteiger partial charge in [-0.2, -0.15) is 0 Å². The molecule has 0 aliphatic rings. The molecule has 1 aromatic rings. The van der Waals surface area contributed by atoms with E-state index in [9.17, 15) is 0 Å². The molecule has 0 amide bonds. The number of hydrogen-bond acceptors (Lipinski definition) is 1. The Bertz CT molecular complexity index is 319. The van der Waals surface area contributed by atoms with Crippen LogP contribution in [0.2, 0.25) is 0 Å². The van der Waals surface area contributed by atoms with Crippen molar-refractivity contribution in [1.29, 1.82) is 0 Å². The van der Waals surface area contributed by atoms with Crippen LogP contribution in [0.3, 0.4) is 0 Å². The van der Waals surface area contributed by atoms with Gasteiger partial charge in [-0.15, -0.1) is 0 Å². The quantitative estimate of drug-likeness (QED) is 0.577. The molecule has 0 heterocycles. The Kier molecular flexibility index (Phi) is 5.99. The highest BCUT2D eigenvalue weighted by molar-refractivity contribution is 5.15. The van der Waals surface area contributed by atoms with E-state index in [1.54, 1.807) is 0 Å². The van der Waals surface area contributed by atoms with Crippen molar-refractivity contribution in [2.75, 3.05) is 6.54 Å². The van der Waals surface area contributed by atoms with Gasteiger partial charge in [0.05, 0.1) is 0 Å². The average molecular weight is 231 g/mol. The summed E-state index contributed by atoms with van der Waals surface area (Å²) in [5.74, 6) is 0. The summed E-state index contributed by atoms with van der Waals surface area (Å²) in [4.78, 5) is 0. The van der Waals surface area contributed by atoms with Crippen molar-refractivity contribution >= 4 is 0 Å². The van der Waals surface area contributed by atoms with Crippen molar-refractivity contribution in [3.8, 4) is 0 Å². The van der Waals surface area contributed by atoms with Crippen LogP contribution in [-0.4, -0.2) is 12.1 Å². The van der Waals surface area contributed by atoms with Gasteiger partial charge in [0, 0.05) is 5.54 Å². The van der Waals surface area contributed by atoms with Crippen LogP contribution < -0.4 is 5.32 Å². The molecule has 1 N–H and O–H groups in total. The molecule has 1 rings (SSSR count). The predicted octanol–water partition coefficient (Wildman–Crippen LogP) is 3.95. The molecule has 0 saturated carbocycles. The zero-order chi connectivity index (χ0) is 12.6. The lowest BCUT2D eigenvalue weighted by atomic mass is 10.1. The van der Waals surface area contributed by atoms with E-state index < -0.39 is 0 Å². The lowest BCUT2D eigenvalue weighted by Gasteiger charge is -2.19. The van der Waals surface area contributed by atoms with Gasteiger partial charge in [0.2, 0.25) is 0 Å². The highest BCUT2D eigenvalue weighted by Crippen LogP contribution is 2.03. The largest absolute Gasteiger partial charge is 0.312 e. The van der Waals surface area contributed by atoms with Gasteiger partial charge >= 0.3 is 0 Å². The maximum absolute atomic E-state index is 3.48. The highest BCUT2D eigenvalue weighted by Gasteiger charge is 2.05. The summed E-state index contributed by atoms with van der Waals surface area (Å²) in [7, 11) is 0. The molecule has 0 aliphatic carbocycles. The molecule has 0 aliphatic heterocycles. The fourth-order valence-corrected chi connectivity index (χ4v) is 1.66. The van der Waals surface area contributed by atoms with Crippen LogP contribution in [0.15, 0.2) is 42.5 Å². The van der Waals surface area contributed by atoms with E-state index in [1.165, 1.54) is 5.56 Å². The molecule has 0 unspecified atom stereocenters. The molecule has 0 saturated heterocycles. The van der Waals surface area contributed by atoms with Crippen molar-refractivity contribution in [3.63, 3.8) is 0 Å². The second-order valence-corrected chi connectivity index (χ2v) is 5.46. The van der Waals surface area contributed by atoms with E-state index >= 15 is 0 Å². The molecule has 0 bridgehead atoms. The Hall–Kier alpha value is -1.08. The average Bonchev–Trinajstić information content (AvgIpc) is 2.28. The predicted molar refractivity (Wildman–Crippen MR) is 76.3 cm³/mol. The zero-order valence-corrected chi connectivity index (χ0v) is 11.4.